The van der Waals surface area contributed by atoms with Crippen LogP contribution in [-0.4, -0.2) is 26.8 Å². The van der Waals surface area contributed by atoms with E-state index < -0.39 is 17.9 Å². The predicted molar refractivity (Wildman–Crippen MR) is 119 cm³/mol. The van der Waals surface area contributed by atoms with Crippen LogP contribution in [0.2, 0.25) is 5.02 Å². The summed E-state index contributed by atoms with van der Waals surface area (Å²) in [6, 6.07) is 17.1. The molecule has 0 bridgehead atoms. The molecule has 0 fully saturated rings. The predicted octanol–water partition coefficient (Wildman–Crippen LogP) is 5.36. The molecule has 2 aromatic carbocycles. The van der Waals surface area contributed by atoms with Gasteiger partial charge in [0.15, 0.2) is 11.9 Å². The second-order valence-electron chi connectivity index (χ2n) is 7.01. The van der Waals surface area contributed by atoms with Gasteiger partial charge in [-0.05, 0) is 49.4 Å². The van der Waals surface area contributed by atoms with Crippen LogP contribution in [0.25, 0.3) is 5.69 Å². The summed E-state index contributed by atoms with van der Waals surface area (Å²) in [6.45, 7) is 1.67. The molecule has 0 aliphatic heterocycles. The fourth-order valence-electron chi connectivity index (χ4n) is 2.86. The van der Waals surface area contributed by atoms with Crippen molar-refractivity contribution in [3.63, 3.8) is 0 Å². The van der Waals surface area contributed by atoms with Crippen molar-refractivity contribution in [3.8, 4) is 23.1 Å². The molecule has 33 heavy (non-hydrogen) atoms. The van der Waals surface area contributed by atoms with E-state index in [9.17, 15) is 9.18 Å². The number of carbonyl (C=O) groups is 1. The lowest BCUT2D eigenvalue weighted by molar-refractivity contribution is -0.152. The van der Waals surface area contributed by atoms with Gasteiger partial charge in [-0.3, -0.25) is 0 Å². The Morgan fingerprint density at radius 1 is 1.09 bits per heavy atom. The van der Waals surface area contributed by atoms with Crippen LogP contribution in [0.1, 0.15) is 12.5 Å². The van der Waals surface area contributed by atoms with Crippen molar-refractivity contribution in [2.45, 2.75) is 19.6 Å². The van der Waals surface area contributed by atoms with E-state index in [0.29, 0.717) is 11.5 Å². The van der Waals surface area contributed by atoms with E-state index in [2.05, 4.69) is 10.1 Å². The summed E-state index contributed by atoms with van der Waals surface area (Å²) in [5, 5.41) is 4.45. The van der Waals surface area contributed by atoms with E-state index in [1.165, 1.54) is 6.20 Å². The van der Waals surface area contributed by atoms with Gasteiger partial charge >= 0.3 is 5.97 Å². The Kier molecular flexibility index (Phi) is 6.85. The fraction of sp³-hybridized carbons (Fsp3) is 0.125. The lowest BCUT2D eigenvalue weighted by Gasteiger charge is -2.14. The third kappa shape index (κ3) is 5.87. The van der Waals surface area contributed by atoms with Crippen molar-refractivity contribution in [2.75, 3.05) is 0 Å². The molecule has 0 unspecified atom stereocenters. The molecule has 2 heterocycles. The number of para-hydroxylation sites is 1. The van der Waals surface area contributed by atoms with Crippen molar-refractivity contribution in [3.05, 3.63) is 95.7 Å². The van der Waals surface area contributed by atoms with Gasteiger partial charge in [-0.1, -0.05) is 29.8 Å². The third-order valence-corrected chi connectivity index (χ3v) is 4.70. The topological polar surface area (TPSA) is 75.5 Å². The first-order valence-electron chi connectivity index (χ1n) is 9.99. The summed E-state index contributed by atoms with van der Waals surface area (Å²) >= 11 is 5.68. The van der Waals surface area contributed by atoms with Crippen LogP contribution in [0.3, 0.4) is 0 Å². The van der Waals surface area contributed by atoms with Crippen LogP contribution in [-0.2, 0) is 16.1 Å². The number of pyridine rings is 1. The molecule has 1 atom stereocenters. The van der Waals surface area contributed by atoms with Crippen molar-refractivity contribution >= 4 is 17.6 Å². The van der Waals surface area contributed by atoms with Crippen molar-refractivity contribution in [2.24, 2.45) is 0 Å². The van der Waals surface area contributed by atoms with E-state index in [4.69, 9.17) is 25.8 Å². The van der Waals surface area contributed by atoms with Gasteiger partial charge in [0.2, 0.25) is 0 Å². The summed E-state index contributed by atoms with van der Waals surface area (Å²) in [4.78, 5) is 16.1. The quantitative estimate of drug-likeness (QED) is 0.325. The Bertz CT molecular complexity index is 1230. The minimum absolute atomic E-state index is 0.0752. The highest BCUT2D eigenvalue weighted by Gasteiger charge is 2.17. The molecule has 2 aromatic heterocycles. The summed E-state index contributed by atoms with van der Waals surface area (Å²) < 4.78 is 31.9. The number of aromatic nitrogens is 3. The van der Waals surface area contributed by atoms with Gasteiger partial charge in [-0.15, -0.1) is 0 Å². The van der Waals surface area contributed by atoms with E-state index >= 15 is 0 Å². The third-order valence-electron chi connectivity index (χ3n) is 4.49. The first-order chi connectivity index (χ1) is 16.0. The van der Waals surface area contributed by atoms with Crippen molar-refractivity contribution in [1.82, 2.24) is 14.8 Å². The van der Waals surface area contributed by atoms with Gasteiger partial charge in [0.05, 0.1) is 16.9 Å². The number of hydrogen-bond acceptors (Lipinski definition) is 6. The monoisotopic (exact) mass is 467 g/mol. The van der Waals surface area contributed by atoms with Crippen LogP contribution in [0.4, 0.5) is 4.39 Å². The SMILES string of the molecule is C[C@@H](Oc1ccc(Oc2ncc(Cl)cc2F)cc1)C(=O)OCc1cnn(-c2ccccc2)c1. The lowest BCUT2D eigenvalue weighted by atomic mass is 10.3. The molecule has 0 aliphatic carbocycles. The Balaban J connectivity index is 1.28. The summed E-state index contributed by atoms with van der Waals surface area (Å²) in [6.07, 6.45) is 3.89. The average Bonchev–Trinajstić information content (AvgIpc) is 3.30. The minimum atomic E-state index is -0.837. The van der Waals surface area contributed by atoms with Crippen LogP contribution in [0.5, 0.6) is 17.4 Å². The van der Waals surface area contributed by atoms with Crippen LogP contribution in [0.15, 0.2) is 79.3 Å². The summed E-state index contributed by atoms with van der Waals surface area (Å²) in [5.74, 6) is -0.612. The largest absolute Gasteiger partial charge is 0.479 e. The molecule has 9 heteroatoms. The normalized spacial score (nSPS) is 11.6. The molecule has 4 aromatic rings. The molecule has 0 saturated heterocycles. The summed E-state index contributed by atoms with van der Waals surface area (Å²) in [5.41, 5.74) is 1.66. The Labute approximate surface area is 194 Å². The second-order valence-corrected chi connectivity index (χ2v) is 7.45. The molecule has 0 saturated carbocycles. The van der Waals surface area contributed by atoms with Gasteiger partial charge in [-0.25, -0.2) is 18.9 Å². The molecule has 0 amide bonds. The van der Waals surface area contributed by atoms with Gasteiger partial charge in [0.1, 0.15) is 18.1 Å². The number of esters is 1. The molecular formula is C24H19ClFN3O4. The standard InChI is InChI=1S/C24H19ClFN3O4/c1-16(24(30)31-15-17-12-28-29(14-17)19-5-3-2-4-6-19)32-20-7-9-21(10-8-20)33-23-22(26)11-18(25)13-27-23/h2-14,16H,15H2,1H3/t16-/m1/s1. The second kappa shape index (κ2) is 10.1. The van der Waals surface area contributed by atoms with Crippen LogP contribution in [0, 0.1) is 5.82 Å². The number of rotatable bonds is 8. The molecule has 4 rings (SSSR count). The lowest BCUT2D eigenvalue weighted by Crippen LogP contribution is -2.25. The highest BCUT2D eigenvalue weighted by Crippen LogP contribution is 2.26. The highest BCUT2D eigenvalue weighted by atomic mass is 35.5. The number of carbonyl (C=O) groups excluding carboxylic acids is 1. The highest BCUT2D eigenvalue weighted by molar-refractivity contribution is 6.30. The van der Waals surface area contributed by atoms with Crippen LogP contribution < -0.4 is 9.47 Å². The number of halogens is 2. The first-order valence-corrected chi connectivity index (χ1v) is 10.4. The molecule has 0 N–H and O–H groups in total. The maximum atomic E-state index is 13.8. The van der Waals surface area contributed by atoms with Crippen molar-refractivity contribution < 1.29 is 23.4 Å². The molecule has 0 radical (unpaired) electrons. The fourth-order valence-corrected chi connectivity index (χ4v) is 3.00. The zero-order valence-electron chi connectivity index (χ0n) is 17.5. The smallest absolute Gasteiger partial charge is 0.347 e. The minimum Gasteiger partial charge on any atom is -0.479 e. The molecule has 0 aliphatic rings. The maximum absolute atomic E-state index is 13.8. The number of hydrogen-bond donors (Lipinski definition) is 0. The van der Waals surface area contributed by atoms with Gasteiger partial charge in [-0.2, -0.15) is 5.10 Å². The van der Waals surface area contributed by atoms with E-state index in [-0.39, 0.29) is 17.5 Å². The molecular weight excluding hydrogens is 449 g/mol. The summed E-state index contributed by atoms with van der Waals surface area (Å²) in [7, 11) is 0. The van der Waals surface area contributed by atoms with E-state index in [1.54, 1.807) is 48.3 Å². The van der Waals surface area contributed by atoms with Gasteiger partial charge < -0.3 is 14.2 Å². The molecule has 168 valence electrons. The number of nitrogens with zero attached hydrogens (tertiary/aromatic N) is 3. The van der Waals surface area contributed by atoms with Gasteiger partial charge in [0, 0.05) is 18.0 Å². The number of benzene rings is 2. The zero-order chi connectivity index (χ0) is 23.2. The van der Waals surface area contributed by atoms with E-state index in [0.717, 1.165) is 17.3 Å². The molecule has 0 spiro atoms. The Morgan fingerprint density at radius 3 is 2.55 bits per heavy atom. The first kappa shape index (κ1) is 22.3. The Morgan fingerprint density at radius 2 is 1.82 bits per heavy atom. The number of ether oxygens (including phenoxy) is 3. The molecule has 7 nitrogen and oxygen atoms in total. The maximum Gasteiger partial charge on any atom is 0.347 e. The van der Waals surface area contributed by atoms with Crippen LogP contribution >= 0.6 is 11.6 Å². The van der Waals surface area contributed by atoms with Gasteiger partial charge in [0.25, 0.3) is 5.88 Å². The van der Waals surface area contributed by atoms with Crippen molar-refractivity contribution in [1.29, 1.82) is 0 Å². The average molecular weight is 468 g/mol. The Hall–Kier alpha value is -3.91. The zero-order valence-corrected chi connectivity index (χ0v) is 18.3. The van der Waals surface area contributed by atoms with E-state index in [1.807, 2.05) is 30.3 Å².